The van der Waals surface area contributed by atoms with Crippen molar-refractivity contribution in [3.05, 3.63) is 65.7 Å². The SMILES string of the molecule is CC(Nc1ccc(CN(C)C)cc1)c1ccccc1. The molecule has 0 bridgehead atoms. The van der Waals surface area contributed by atoms with Crippen molar-refractivity contribution in [2.75, 3.05) is 19.4 Å². The highest BCUT2D eigenvalue weighted by Crippen LogP contribution is 2.19. The lowest BCUT2D eigenvalue weighted by atomic mass is 10.1. The smallest absolute Gasteiger partial charge is 0.0485 e. The first-order valence-corrected chi connectivity index (χ1v) is 6.70. The van der Waals surface area contributed by atoms with Gasteiger partial charge in [0.05, 0.1) is 0 Å². The van der Waals surface area contributed by atoms with Crippen LogP contribution in [0, 0.1) is 0 Å². The number of nitrogens with one attached hydrogen (secondary N) is 1. The van der Waals surface area contributed by atoms with E-state index >= 15 is 0 Å². The highest BCUT2D eigenvalue weighted by molar-refractivity contribution is 5.46. The van der Waals surface area contributed by atoms with E-state index in [1.807, 2.05) is 6.07 Å². The van der Waals surface area contributed by atoms with Crippen molar-refractivity contribution in [1.29, 1.82) is 0 Å². The predicted molar refractivity (Wildman–Crippen MR) is 82.3 cm³/mol. The molecule has 0 aliphatic carbocycles. The van der Waals surface area contributed by atoms with Crippen molar-refractivity contribution in [2.24, 2.45) is 0 Å². The van der Waals surface area contributed by atoms with Gasteiger partial charge in [0, 0.05) is 18.3 Å². The number of nitrogens with zero attached hydrogens (tertiary/aromatic N) is 1. The Balaban J connectivity index is 1.99. The molecule has 0 aromatic heterocycles. The molecule has 2 heteroatoms. The van der Waals surface area contributed by atoms with Gasteiger partial charge in [-0.25, -0.2) is 0 Å². The summed E-state index contributed by atoms with van der Waals surface area (Å²) in [4.78, 5) is 2.18. The molecule has 2 nitrogen and oxygen atoms in total. The van der Waals surface area contributed by atoms with Crippen LogP contribution < -0.4 is 5.32 Å². The van der Waals surface area contributed by atoms with Crippen molar-refractivity contribution in [2.45, 2.75) is 19.5 Å². The number of hydrogen-bond acceptors (Lipinski definition) is 2. The fourth-order valence-electron chi connectivity index (χ4n) is 2.15. The number of rotatable bonds is 5. The fraction of sp³-hybridized carbons (Fsp3) is 0.294. The summed E-state index contributed by atoms with van der Waals surface area (Å²) in [6.07, 6.45) is 0. The second kappa shape index (κ2) is 6.39. The molecule has 1 unspecified atom stereocenters. The molecule has 1 atom stereocenters. The molecular formula is C17H22N2. The van der Waals surface area contributed by atoms with E-state index in [1.54, 1.807) is 0 Å². The first-order chi connectivity index (χ1) is 9.15. The quantitative estimate of drug-likeness (QED) is 0.870. The molecule has 2 aromatic carbocycles. The van der Waals surface area contributed by atoms with E-state index in [0.29, 0.717) is 6.04 Å². The first-order valence-electron chi connectivity index (χ1n) is 6.70. The summed E-state index contributed by atoms with van der Waals surface area (Å²) in [6.45, 7) is 3.16. The molecule has 0 aliphatic heterocycles. The van der Waals surface area contributed by atoms with Crippen LogP contribution in [-0.2, 0) is 6.54 Å². The van der Waals surface area contributed by atoms with Crippen LogP contribution in [0.1, 0.15) is 24.1 Å². The molecule has 0 amide bonds. The van der Waals surface area contributed by atoms with Crippen LogP contribution >= 0.6 is 0 Å². The Morgan fingerprint density at radius 3 is 2.16 bits per heavy atom. The molecule has 2 rings (SSSR count). The maximum Gasteiger partial charge on any atom is 0.0485 e. The van der Waals surface area contributed by atoms with Crippen LogP contribution in [0.3, 0.4) is 0 Å². The van der Waals surface area contributed by atoms with Crippen LogP contribution in [0.5, 0.6) is 0 Å². The second-order valence-corrected chi connectivity index (χ2v) is 5.21. The molecule has 0 heterocycles. The van der Waals surface area contributed by atoms with Gasteiger partial charge >= 0.3 is 0 Å². The van der Waals surface area contributed by atoms with Crippen LogP contribution in [0.25, 0.3) is 0 Å². The number of anilines is 1. The van der Waals surface area contributed by atoms with E-state index in [-0.39, 0.29) is 0 Å². The monoisotopic (exact) mass is 254 g/mol. The minimum absolute atomic E-state index is 0.320. The zero-order valence-electron chi connectivity index (χ0n) is 11.9. The zero-order valence-corrected chi connectivity index (χ0v) is 11.9. The maximum atomic E-state index is 3.53. The van der Waals surface area contributed by atoms with Crippen LogP contribution in [0.15, 0.2) is 54.6 Å². The minimum Gasteiger partial charge on any atom is -0.379 e. The molecule has 2 aromatic rings. The molecule has 0 saturated heterocycles. The Morgan fingerprint density at radius 2 is 1.58 bits per heavy atom. The molecule has 0 aliphatic rings. The predicted octanol–water partition coefficient (Wildman–Crippen LogP) is 3.92. The van der Waals surface area contributed by atoms with Gasteiger partial charge in [0.15, 0.2) is 0 Å². The third kappa shape index (κ3) is 4.11. The molecule has 100 valence electrons. The Hall–Kier alpha value is -1.80. The first kappa shape index (κ1) is 13.6. The Kier molecular flexibility index (Phi) is 4.58. The molecule has 19 heavy (non-hydrogen) atoms. The molecule has 0 radical (unpaired) electrons. The summed E-state index contributed by atoms with van der Waals surface area (Å²) in [5.74, 6) is 0. The van der Waals surface area contributed by atoms with Crippen molar-refractivity contribution in [3.63, 3.8) is 0 Å². The van der Waals surface area contributed by atoms with Gasteiger partial charge < -0.3 is 10.2 Å². The van der Waals surface area contributed by atoms with E-state index in [1.165, 1.54) is 16.8 Å². The maximum absolute atomic E-state index is 3.53. The van der Waals surface area contributed by atoms with Gasteiger partial charge in [0.1, 0.15) is 0 Å². The van der Waals surface area contributed by atoms with Gasteiger partial charge in [-0.15, -0.1) is 0 Å². The summed E-state index contributed by atoms with van der Waals surface area (Å²) in [5.41, 5.74) is 3.81. The van der Waals surface area contributed by atoms with E-state index < -0.39 is 0 Å². The van der Waals surface area contributed by atoms with Crippen LogP contribution in [-0.4, -0.2) is 19.0 Å². The summed E-state index contributed by atoms with van der Waals surface area (Å²) < 4.78 is 0. The van der Waals surface area contributed by atoms with Gasteiger partial charge in [-0.1, -0.05) is 42.5 Å². The van der Waals surface area contributed by atoms with Crippen molar-refractivity contribution >= 4 is 5.69 Å². The minimum atomic E-state index is 0.320. The van der Waals surface area contributed by atoms with Crippen LogP contribution in [0.2, 0.25) is 0 Å². The molecular weight excluding hydrogens is 232 g/mol. The Morgan fingerprint density at radius 1 is 0.947 bits per heavy atom. The van der Waals surface area contributed by atoms with E-state index in [0.717, 1.165) is 6.54 Å². The van der Waals surface area contributed by atoms with Gasteiger partial charge in [-0.2, -0.15) is 0 Å². The third-order valence-electron chi connectivity index (χ3n) is 3.14. The van der Waals surface area contributed by atoms with E-state index in [4.69, 9.17) is 0 Å². The average Bonchev–Trinajstić information content (AvgIpc) is 2.41. The third-order valence-corrected chi connectivity index (χ3v) is 3.14. The van der Waals surface area contributed by atoms with E-state index in [2.05, 4.69) is 79.8 Å². The summed E-state index contributed by atoms with van der Waals surface area (Å²) in [6, 6.07) is 19.5. The van der Waals surface area contributed by atoms with Gasteiger partial charge in [0.2, 0.25) is 0 Å². The Bertz CT molecular complexity index is 488. The summed E-state index contributed by atoms with van der Waals surface area (Å²) >= 11 is 0. The normalized spacial score (nSPS) is 12.4. The van der Waals surface area contributed by atoms with Gasteiger partial charge in [-0.3, -0.25) is 0 Å². The highest BCUT2D eigenvalue weighted by Gasteiger charge is 2.04. The van der Waals surface area contributed by atoms with Crippen LogP contribution in [0.4, 0.5) is 5.69 Å². The van der Waals surface area contributed by atoms with Crippen molar-refractivity contribution in [3.8, 4) is 0 Å². The number of benzene rings is 2. The topological polar surface area (TPSA) is 15.3 Å². The fourth-order valence-corrected chi connectivity index (χ4v) is 2.15. The zero-order chi connectivity index (χ0) is 13.7. The second-order valence-electron chi connectivity index (χ2n) is 5.21. The largest absolute Gasteiger partial charge is 0.379 e. The molecule has 0 fully saturated rings. The standard InChI is InChI=1S/C17H22N2/c1-14(16-7-5-4-6-8-16)18-17-11-9-15(10-12-17)13-19(2)3/h4-12,14,18H,13H2,1-3H3. The molecule has 1 N–H and O–H groups in total. The van der Waals surface area contributed by atoms with Gasteiger partial charge in [-0.05, 0) is 44.3 Å². The van der Waals surface area contributed by atoms with Crippen molar-refractivity contribution in [1.82, 2.24) is 4.90 Å². The molecule has 0 spiro atoms. The molecule has 0 saturated carbocycles. The highest BCUT2D eigenvalue weighted by atomic mass is 15.0. The summed E-state index contributed by atoms with van der Waals surface area (Å²) in [7, 11) is 4.17. The van der Waals surface area contributed by atoms with E-state index in [9.17, 15) is 0 Å². The Labute approximate surface area is 116 Å². The lowest BCUT2D eigenvalue weighted by Gasteiger charge is -2.16. The lowest BCUT2D eigenvalue weighted by molar-refractivity contribution is 0.402. The lowest BCUT2D eigenvalue weighted by Crippen LogP contribution is -2.11. The number of hydrogen-bond donors (Lipinski definition) is 1. The average molecular weight is 254 g/mol. The summed E-state index contributed by atoms with van der Waals surface area (Å²) in [5, 5.41) is 3.53. The van der Waals surface area contributed by atoms with Gasteiger partial charge in [0.25, 0.3) is 0 Å². The van der Waals surface area contributed by atoms with Crippen molar-refractivity contribution < 1.29 is 0 Å².